The van der Waals surface area contributed by atoms with Gasteiger partial charge in [0.05, 0.1) is 12.8 Å². The minimum atomic E-state index is -0.944. The first-order chi connectivity index (χ1) is 12.4. The van der Waals surface area contributed by atoms with Gasteiger partial charge in [-0.1, -0.05) is 6.92 Å². The van der Waals surface area contributed by atoms with E-state index in [9.17, 15) is 9.59 Å². The second-order valence-corrected chi connectivity index (χ2v) is 6.97. The fourth-order valence-electron chi connectivity index (χ4n) is 3.45. The van der Waals surface area contributed by atoms with E-state index < -0.39 is 5.54 Å². The van der Waals surface area contributed by atoms with Crippen molar-refractivity contribution in [2.75, 3.05) is 7.11 Å². The fourth-order valence-corrected chi connectivity index (χ4v) is 3.45. The molecule has 1 aromatic heterocycles. The van der Waals surface area contributed by atoms with E-state index in [1.165, 1.54) is 18.1 Å². The molecule has 0 unspecified atom stereocenters. The Hall–Kier alpha value is -2.77. The molecule has 1 aliphatic rings. The number of aromatic nitrogens is 4. The molecule has 8 nitrogen and oxygen atoms in total. The molecule has 0 spiro atoms. The minimum Gasteiger partial charge on any atom is -0.467 e. The van der Waals surface area contributed by atoms with Crippen molar-refractivity contribution >= 4 is 11.9 Å². The normalized spacial score (nSPS) is 22.7. The van der Waals surface area contributed by atoms with Crippen molar-refractivity contribution in [3.63, 3.8) is 0 Å². The monoisotopic (exact) mass is 357 g/mol. The molecule has 0 bridgehead atoms. The van der Waals surface area contributed by atoms with Gasteiger partial charge in [-0.25, -0.2) is 9.48 Å². The van der Waals surface area contributed by atoms with Crippen LogP contribution in [0.25, 0.3) is 5.69 Å². The molecule has 1 fully saturated rings. The highest BCUT2D eigenvalue weighted by atomic mass is 16.5. The predicted molar refractivity (Wildman–Crippen MR) is 93.7 cm³/mol. The summed E-state index contributed by atoms with van der Waals surface area (Å²) < 4.78 is 6.51. The molecule has 1 amide bonds. The van der Waals surface area contributed by atoms with Gasteiger partial charge in [0.1, 0.15) is 11.9 Å². The van der Waals surface area contributed by atoms with Crippen molar-refractivity contribution in [3.05, 3.63) is 35.7 Å². The van der Waals surface area contributed by atoms with E-state index in [0.717, 1.165) is 24.1 Å². The number of ether oxygens (including phenoxy) is 1. The molecule has 26 heavy (non-hydrogen) atoms. The number of benzene rings is 1. The Kier molecular flexibility index (Phi) is 5.01. The minimum absolute atomic E-state index is 0.281. The summed E-state index contributed by atoms with van der Waals surface area (Å²) in [4.78, 5) is 25.2. The molecule has 0 aliphatic heterocycles. The average Bonchev–Trinajstić information content (AvgIpc) is 3.17. The molecule has 1 saturated carbocycles. The van der Waals surface area contributed by atoms with E-state index >= 15 is 0 Å². The number of amides is 1. The quantitative estimate of drug-likeness (QED) is 0.838. The van der Waals surface area contributed by atoms with Crippen LogP contribution in [0.2, 0.25) is 0 Å². The zero-order valence-corrected chi connectivity index (χ0v) is 15.2. The number of hydrogen-bond acceptors (Lipinski definition) is 6. The van der Waals surface area contributed by atoms with E-state index in [4.69, 9.17) is 4.74 Å². The first-order valence-corrected chi connectivity index (χ1v) is 8.70. The average molecular weight is 357 g/mol. The summed E-state index contributed by atoms with van der Waals surface area (Å²) in [6.07, 6.45) is 4.44. The van der Waals surface area contributed by atoms with Gasteiger partial charge in [0.2, 0.25) is 0 Å². The lowest BCUT2D eigenvalue weighted by atomic mass is 9.77. The van der Waals surface area contributed by atoms with Gasteiger partial charge in [0, 0.05) is 5.56 Å². The van der Waals surface area contributed by atoms with Crippen molar-refractivity contribution in [2.24, 2.45) is 5.92 Å². The lowest BCUT2D eigenvalue weighted by Crippen LogP contribution is -2.56. The molecule has 1 N–H and O–H groups in total. The first-order valence-electron chi connectivity index (χ1n) is 8.70. The highest BCUT2D eigenvalue weighted by Crippen LogP contribution is 2.33. The molecule has 0 saturated heterocycles. The van der Waals surface area contributed by atoms with Crippen LogP contribution < -0.4 is 5.32 Å². The molecule has 8 heteroatoms. The van der Waals surface area contributed by atoms with Gasteiger partial charge < -0.3 is 10.1 Å². The summed E-state index contributed by atoms with van der Waals surface area (Å²) in [7, 11) is 1.36. The van der Waals surface area contributed by atoms with Crippen LogP contribution in [-0.2, 0) is 9.53 Å². The lowest BCUT2D eigenvalue weighted by Gasteiger charge is -2.37. The number of carbonyl (C=O) groups excluding carboxylic acids is 2. The van der Waals surface area contributed by atoms with E-state index in [-0.39, 0.29) is 11.9 Å². The Morgan fingerprint density at radius 1 is 1.31 bits per heavy atom. The van der Waals surface area contributed by atoms with Crippen LogP contribution in [0, 0.1) is 12.8 Å². The molecule has 0 radical (unpaired) electrons. The Morgan fingerprint density at radius 3 is 2.62 bits per heavy atom. The maximum Gasteiger partial charge on any atom is 0.331 e. The second-order valence-electron chi connectivity index (χ2n) is 6.97. The van der Waals surface area contributed by atoms with Crippen molar-refractivity contribution in [1.29, 1.82) is 0 Å². The van der Waals surface area contributed by atoms with E-state index in [2.05, 4.69) is 27.8 Å². The number of tetrazole rings is 1. The number of hydrogen-bond donors (Lipinski definition) is 1. The standard InChI is InChI=1S/C18H23N5O3/c1-12-6-8-18(9-7-12,17(25)26-3)20-16(24)14-4-5-15(13(2)10-14)23-11-19-21-22-23/h4-5,10-12H,6-9H2,1-3H3,(H,20,24). The molecular weight excluding hydrogens is 334 g/mol. The van der Waals surface area contributed by atoms with Crippen molar-refractivity contribution in [1.82, 2.24) is 25.5 Å². The summed E-state index contributed by atoms with van der Waals surface area (Å²) in [6, 6.07) is 5.26. The van der Waals surface area contributed by atoms with Crippen LogP contribution in [-0.4, -0.2) is 44.7 Å². The van der Waals surface area contributed by atoms with Gasteiger partial charge in [-0.15, -0.1) is 5.10 Å². The Morgan fingerprint density at radius 2 is 2.04 bits per heavy atom. The van der Waals surface area contributed by atoms with Gasteiger partial charge in [-0.3, -0.25) is 4.79 Å². The van der Waals surface area contributed by atoms with Crippen LogP contribution >= 0.6 is 0 Å². The molecule has 2 aromatic rings. The Balaban J connectivity index is 1.82. The SMILES string of the molecule is COC(=O)C1(NC(=O)c2ccc(-n3cnnn3)c(C)c2)CCC(C)CC1. The van der Waals surface area contributed by atoms with E-state index in [1.54, 1.807) is 18.2 Å². The third kappa shape index (κ3) is 3.44. The van der Waals surface area contributed by atoms with Crippen LogP contribution in [0.4, 0.5) is 0 Å². The largest absolute Gasteiger partial charge is 0.467 e. The molecule has 138 valence electrons. The summed E-state index contributed by atoms with van der Waals surface area (Å²) in [5, 5.41) is 14.0. The van der Waals surface area contributed by atoms with E-state index in [0.29, 0.717) is 24.3 Å². The number of esters is 1. The third-order valence-electron chi connectivity index (χ3n) is 5.11. The van der Waals surface area contributed by atoms with Gasteiger partial charge in [0.25, 0.3) is 5.91 Å². The molecule has 1 heterocycles. The zero-order chi connectivity index (χ0) is 18.7. The van der Waals surface area contributed by atoms with Crippen LogP contribution in [0.15, 0.2) is 24.5 Å². The van der Waals surface area contributed by atoms with Gasteiger partial charge in [-0.2, -0.15) is 0 Å². The van der Waals surface area contributed by atoms with Crippen LogP contribution in [0.5, 0.6) is 0 Å². The van der Waals surface area contributed by atoms with E-state index in [1.807, 2.05) is 6.92 Å². The molecule has 1 aliphatic carbocycles. The number of carbonyl (C=O) groups is 2. The smallest absolute Gasteiger partial charge is 0.331 e. The van der Waals surface area contributed by atoms with Crippen molar-refractivity contribution in [3.8, 4) is 5.69 Å². The molecule has 0 atom stereocenters. The number of aryl methyl sites for hydroxylation is 1. The molecular formula is C18H23N5O3. The van der Waals surface area contributed by atoms with Crippen molar-refractivity contribution < 1.29 is 14.3 Å². The fraction of sp³-hybridized carbons (Fsp3) is 0.500. The van der Waals surface area contributed by atoms with Gasteiger partial charge in [0.15, 0.2) is 0 Å². The Labute approximate surface area is 151 Å². The third-order valence-corrected chi connectivity index (χ3v) is 5.11. The van der Waals surface area contributed by atoms with Gasteiger partial charge >= 0.3 is 5.97 Å². The van der Waals surface area contributed by atoms with Gasteiger partial charge in [-0.05, 0) is 72.7 Å². The summed E-state index contributed by atoms with van der Waals surface area (Å²) in [5.74, 6) is -0.112. The van der Waals surface area contributed by atoms with Crippen LogP contribution in [0.1, 0.15) is 48.5 Å². The molecule has 1 aromatic carbocycles. The van der Waals surface area contributed by atoms with Crippen molar-refractivity contribution in [2.45, 2.75) is 45.1 Å². The van der Waals surface area contributed by atoms with Crippen LogP contribution in [0.3, 0.4) is 0 Å². The summed E-state index contributed by atoms with van der Waals surface area (Å²) >= 11 is 0. The number of rotatable bonds is 4. The topological polar surface area (TPSA) is 99.0 Å². The summed E-state index contributed by atoms with van der Waals surface area (Å²) in [6.45, 7) is 4.04. The highest BCUT2D eigenvalue weighted by Gasteiger charge is 2.43. The highest BCUT2D eigenvalue weighted by molar-refractivity contribution is 5.98. The molecule has 3 rings (SSSR count). The lowest BCUT2D eigenvalue weighted by molar-refractivity contribution is -0.150. The maximum atomic E-state index is 12.8. The number of methoxy groups -OCH3 is 1. The maximum absolute atomic E-state index is 12.8. The zero-order valence-electron chi connectivity index (χ0n) is 15.2. The number of nitrogens with one attached hydrogen (secondary N) is 1. The predicted octanol–water partition coefficient (Wildman–Crippen LogP) is 1.82. The second kappa shape index (κ2) is 7.23. The number of nitrogens with zero attached hydrogens (tertiary/aromatic N) is 4. The first kappa shape index (κ1) is 18.0. The Bertz CT molecular complexity index is 795. The summed E-state index contributed by atoms with van der Waals surface area (Å²) in [5.41, 5.74) is 1.19.